The molecule has 0 saturated carbocycles. The molecular formula is C26H26IN7O6. The van der Waals surface area contributed by atoms with Crippen molar-refractivity contribution in [1.82, 2.24) is 9.88 Å². The van der Waals surface area contributed by atoms with Crippen molar-refractivity contribution in [3.8, 4) is 0 Å². The van der Waals surface area contributed by atoms with Gasteiger partial charge in [-0.3, -0.25) is 19.0 Å². The van der Waals surface area contributed by atoms with E-state index in [0.717, 1.165) is 4.90 Å². The average molecular weight is 659 g/mol. The standard InChI is InChI=1S/C26H25N7O6.HI/c1-33(2,14-3-13-31-21-9-6-18(29-30-27)16-20(21)25(37)39-26(31)38)15-12-28-24(36)17-4-7-19(8-5-17)32-22(34)10-11-23(32)35;/h4-11,16H,3,12-15H2,1-2H3;1H. The Bertz CT molecular complexity index is 1630. The number of quaternary nitrogens is 1. The number of likely N-dealkylation sites (N-methyl/N-ethyl adjacent to an activating group) is 1. The molecule has 14 heteroatoms. The number of carbonyl (C=O) groups excluding carboxylic acids is 3. The molecule has 1 N–H and O–H groups in total. The number of hydrogen-bond acceptors (Lipinski definition) is 7. The summed E-state index contributed by atoms with van der Waals surface area (Å²) in [6.45, 7) is 1.98. The number of azide groups is 1. The first-order valence-electron chi connectivity index (χ1n) is 12.1. The molecule has 208 valence electrons. The molecule has 0 unspecified atom stereocenters. The molecule has 3 amide bonds. The topological polar surface area (TPSA) is 167 Å². The molecular weight excluding hydrogens is 633 g/mol. The minimum absolute atomic E-state index is 0. The predicted octanol–water partition coefficient (Wildman–Crippen LogP) is -0.774. The first-order chi connectivity index (χ1) is 18.6. The Labute approximate surface area is 244 Å². The van der Waals surface area contributed by atoms with Crippen LogP contribution in [0, 0.1) is 0 Å². The summed E-state index contributed by atoms with van der Waals surface area (Å²) in [5.74, 6) is -1.89. The quantitative estimate of drug-likeness (QED) is 0.0749. The van der Waals surface area contributed by atoms with E-state index in [1.54, 1.807) is 30.3 Å². The highest BCUT2D eigenvalue weighted by molar-refractivity contribution is 6.28. The molecule has 0 saturated heterocycles. The van der Waals surface area contributed by atoms with Crippen LogP contribution < -0.4 is 45.6 Å². The van der Waals surface area contributed by atoms with Crippen molar-refractivity contribution in [2.75, 3.05) is 38.6 Å². The molecule has 0 aliphatic carbocycles. The van der Waals surface area contributed by atoms with Gasteiger partial charge in [-0.15, -0.1) is 0 Å². The van der Waals surface area contributed by atoms with Gasteiger partial charge in [0.15, 0.2) is 0 Å². The second kappa shape index (κ2) is 12.7. The number of fused-ring (bicyclic) bond motifs is 1. The Kier molecular flexibility index (Phi) is 9.63. The Hall–Kier alpha value is -4.27. The Morgan fingerprint density at radius 2 is 1.70 bits per heavy atom. The zero-order chi connectivity index (χ0) is 28.2. The van der Waals surface area contributed by atoms with Crippen LogP contribution in [0.15, 0.2) is 73.7 Å². The lowest BCUT2D eigenvalue weighted by atomic mass is 10.2. The number of nitrogens with one attached hydrogen (secondary N) is 1. The zero-order valence-corrected chi connectivity index (χ0v) is 23.9. The van der Waals surface area contributed by atoms with Gasteiger partial charge in [-0.05, 0) is 41.9 Å². The molecule has 0 spiro atoms. The summed E-state index contributed by atoms with van der Waals surface area (Å²) in [5.41, 5.74) is 9.26. The summed E-state index contributed by atoms with van der Waals surface area (Å²) < 4.78 is 6.77. The van der Waals surface area contributed by atoms with Gasteiger partial charge in [-0.2, -0.15) is 0 Å². The summed E-state index contributed by atoms with van der Waals surface area (Å²) in [4.78, 5) is 64.4. The summed E-state index contributed by atoms with van der Waals surface area (Å²) in [6.07, 6.45) is 2.99. The first-order valence-corrected chi connectivity index (χ1v) is 12.1. The highest BCUT2D eigenvalue weighted by Crippen LogP contribution is 2.20. The molecule has 13 nitrogen and oxygen atoms in total. The number of benzene rings is 2. The summed E-state index contributed by atoms with van der Waals surface area (Å²) in [6, 6.07) is 10.7. The first kappa shape index (κ1) is 30.3. The van der Waals surface area contributed by atoms with Crippen molar-refractivity contribution >= 4 is 40.0 Å². The number of anilines is 1. The normalized spacial score (nSPS) is 12.8. The molecule has 40 heavy (non-hydrogen) atoms. The molecule has 2 heterocycles. The van der Waals surface area contributed by atoms with E-state index in [-0.39, 0.29) is 41.0 Å². The highest BCUT2D eigenvalue weighted by Gasteiger charge is 2.25. The van der Waals surface area contributed by atoms with Crippen LogP contribution in [0.4, 0.5) is 11.4 Å². The molecule has 0 radical (unpaired) electrons. The van der Waals surface area contributed by atoms with Crippen molar-refractivity contribution in [2.45, 2.75) is 13.0 Å². The van der Waals surface area contributed by atoms with E-state index in [0.29, 0.717) is 53.9 Å². The van der Waals surface area contributed by atoms with Crippen LogP contribution >= 0.6 is 0 Å². The van der Waals surface area contributed by atoms with Crippen LogP contribution in [-0.4, -0.2) is 60.5 Å². The second-order valence-corrected chi connectivity index (χ2v) is 9.58. The van der Waals surface area contributed by atoms with Crippen molar-refractivity contribution in [2.24, 2.45) is 5.11 Å². The smallest absolute Gasteiger partial charge is 0.422 e. The zero-order valence-electron chi connectivity index (χ0n) is 21.7. The van der Waals surface area contributed by atoms with Crippen molar-refractivity contribution in [3.05, 3.63) is 91.6 Å². The number of rotatable bonds is 10. The van der Waals surface area contributed by atoms with Gasteiger partial charge in [0.05, 0.1) is 50.3 Å². The van der Waals surface area contributed by atoms with E-state index < -0.39 is 23.2 Å². The van der Waals surface area contributed by atoms with Gasteiger partial charge >= 0.3 is 11.4 Å². The number of aromatic nitrogens is 1. The number of halogens is 1. The van der Waals surface area contributed by atoms with E-state index >= 15 is 0 Å². The van der Waals surface area contributed by atoms with Gasteiger partial charge in [0.25, 0.3) is 17.7 Å². The molecule has 3 aromatic rings. The third kappa shape index (κ3) is 6.83. The summed E-state index contributed by atoms with van der Waals surface area (Å²) >= 11 is 0. The van der Waals surface area contributed by atoms with Gasteiger partial charge in [0.1, 0.15) is 0 Å². The Morgan fingerprint density at radius 1 is 1.02 bits per heavy atom. The molecule has 1 aromatic heterocycles. The highest BCUT2D eigenvalue weighted by atomic mass is 127. The van der Waals surface area contributed by atoms with Crippen molar-refractivity contribution in [1.29, 1.82) is 0 Å². The SMILES string of the molecule is C[N+](C)(CCCn1c(=O)oc(=O)c2cc(N=[N+]=[N-])ccc21)CCNC(=O)c1ccc(N2C(=O)C=CC2=O)cc1.[I-]. The fourth-order valence-corrected chi connectivity index (χ4v) is 4.30. The maximum Gasteiger partial charge on any atom is 0.422 e. The predicted molar refractivity (Wildman–Crippen MR) is 142 cm³/mol. The summed E-state index contributed by atoms with van der Waals surface area (Å²) in [5, 5.41) is 6.51. The van der Waals surface area contributed by atoms with Gasteiger partial charge in [0.2, 0.25) is 0 Å². The van der Waals surface area contributed by atoms with Crippen LogP contribution in [0.1, 0.15) is 16.8 Å². The van der Waals surface area contributed by atoms with Crippen LogP contribution in [0.2, 0.25) is 0 Å². The van der Waals surface area contributed by atoms with E-state index in [1.165, 1.54) is 28.9 Å². The van der Waals surface area contributed by atoms with Crippen LogP contribution in [0.3, 0.4) is 0 Å². The minimum Gasteiger partial charge on any atom is -1.00 e. The van der Waals surface area contributed by atoms with E-state index in [1.807, 2.05) is 14.1 Å². The molecule has 1 aliphatic heterocycles. The fraction of sp³-hybridized carbons (Fsp3) is 0.269. The van der Waals surface area contributed by atoms with Gasteiger partial charge in [-0.25, -0.2) is 14.5 Å². The van der Waals surface area contributed by atoms with Crippen LogP contribution in [0.25, 0.3) is 21.3 Å². The average Bonchev–Trinajstić information content (AvgIpc) is 3.23. The molecule has 2 aromatic carbocycles. The maximum atomic E-state index is 12.6. The van der Waals surface area contributed by atoms with E-state index in [2.05, 4.69) is 15.3 Å². The second-order valence-electron chi connectivity index (χ2n) is 9.58. The number of carbonyl (C=O) groups is 3. The van der Waals surface area contributed by atoms with E-state index in [4.69, 9.17) is 9.95 Å². The number of nitrogens with zero attached hydrogens (tertiary/aromatic N) is 6. The number of aryl methyl sites for hydroxylation is 1. The van der Waals surface area contributed by atoms with Crippen LogP contribution in [0.5, 0.6) is 0 Å². The van der Waals surface area contributed by atoms with Gasteiger partial charge < -0.3 is 38.2 Å². The monoisotopic (exact) mass is 659 g/mol. The lowest BCUT2D eigenvalue weighted by molar-refractivity contribution is -0.889. The summed E-state index contributed by atoms with van der Waals surface area (Å²) in [7, 11) is 3.99. The largest absolute Gasteiger partial charge is 1.00 e. The maximum absolute atomic E-state index is 12.6. The van der Waals surface area contributed by atoms with Crippen LogP contribution in [-0.2, 0) is 16.1 Å². The van der Waals surface area contributed by atoms with Gasteiger partial charge in [-0.1, -0.05) is 11.2 Å². The van der Waals surface area contributed by atoms with E-state index in [9.17, 15) is 24.0 Å². The fourth-order valence-electron chi connectivity index (χ4n) is 4.30. The third-order valence-electron chi connectivity index (χ3n) is 6.40. The lowest BCUT2D eigenvalue weighted by Gasteiger charge is -2.30. The molecule has 0 bridgehead atoms. The van der Waals surface area contributed by atoms with Crippen molar-refractivity contribution < 1.29 is 47.3 Å². The van der Waals surface area contributed by atoms with Gasteiger partial charge in [0, 0.05) is 41.3 Å². The molecule has 1 aliphatic rings. The third-order valence-corrected chi connectivity index (χ3v) is 6.40. The number of hydrogen-bond donors (Lipinski definition) is 1. The van der Waals surface area contributed by atoms with Crippen molar-refractivity contribution in [3.63, 3.8) is 0 Å². The molecule has 0 fully saturated rings. The number of amides is 3. The minimum atomic E-state index is -0.794. The molecule has 0 atom stereocenters. The lowest BCUT2D eigenvalue weighted by Crippen LogP contribution is -3.00. The molecule has 4 rings (SSSR count). The Morgan fingerprint density at radius 3 is 2.35 bits per heavy atom. The Balaban J connectivity index is 0.00000441. The number of imide groups is 1.